The van der Waals surface area contributed by atoms with E-state index in [-0.39, 0.29) is 0 Å². The molecule has 0 saturated heterocycles. The molecule has 2 atom stereocenters. The number of carbonyl (C=O) groups excluding carboxylic acids is 1. The summed E-state index contributed by atoms with van der Waals surface area (Å²) >= 11 is 0. The molecule has 17 heavy (non-hydrogen) atoms. The molecule has 0 aromatic rings. The first-order valence-corrected chi connectivity index (χ1v) is 5.68. The van der Waals surface area contributed by atoms with Crippen LogP contribution in [-0.4, -0.2) is 28.8 Å². The summed E-state index contributed by atoms with van der Waals surface area (Å²) in [5.74, 6) is -1.47. The maximum Gasteiger partial charge on any atom is 0.408 e. The minimum atomic E-state index is -0.893. The highest BCUT2D eigenvalue weighted by Gasteiger charge is 2.30. The Labute approximate surface area is 101 Å². The van der Waals surface area contributed by atoms with E-state index >= 15 is 0 Å². The predicted octanol–water partition coefficient (Wildman–Crippen LogP) is 1.93. The number of hydrogen-bond donors (Lipinski definition) is 2. The Morgan fingerprint density at radius 3 is 2.59 bits per heavy atom. The number of aliphatic carboxylic acids is 1. The second-order valence-electron chi connectivity index (χ2n) is 5.12. The highest BCUT2D eigenvalue weighted by molar-refractivity contribution is 5.74. The molecule has 0 saturated carbocycles. The minimum Gasteiger partial charge on any atom is -0.481 e. The van der Waals surface area contributed by atoms with Gasteiger partial charge in [0.2, 0.25) is 0 Å². The van der Waals surface area contributed by atoms with Gasteiger partial charge in [0.1, 0.15) is 5.60 Å². The quantitative estimate of drug-likeness (QED) is 0.724. The van der Waals surface area contributed by atoms with Crippen molar-refractivity contribution in [3.63, 3.8) is 0 Å². The van der Waals surface area contributed by atoms with Crippen LogP contribution in [0, 0.1) is 5.92 Å². The van der Waals surface area contributed by atoms with Gasteiger partial charge in [-0.1, -0.05) is 12.2 Å². The van der Waals surface area contributed by atoms with Crippen LogP contribution in [0.25, 0.3) is 0 Å². The van der Waals surface area contributed by atoms with E-state index < -0.39 is 29.6 Å². The predicted molar refractivity (Wildman–Crippen MR) is 62.7 cm³/mol. The van der Waals surface area contributed by atoms with Crippen LogP contribution in [0.2, 0.25) is 0 Å². The first-order chi connectivity index (χ1) is 7.79. The lowest BCUT2D eigenvalue weighted by Crippen LogP contribution is -2.45. The Kier molecular flexibility index (Phi) is 4.15. The molecular weight excluding hydrogens is 222 g/mol. The van der Waals surface area contributed by atoms with Crippen LogP contribution in [0.1, 0.15) is 33.6 Å². The third-order valence-corrected chi connectivity index (χ3v) is 2.42. The van der Waals surface area contributed by atoms with Gasteiger partial charge in [-0.05, 0) is 33.6 Å². The van der Waals surface area contributed by atoms with Gasteiger partial charge in [-0.2, -0.15) is 0 Å². The number of carbonyl (C=O) groups is 2. The summed E-state index contributed by atoms with van der Waals surface area (Å²) < 4.78 is 5.09. The van der Waals surface area contributed by atoms with Crippen molar-refractivity contribution in [2.45, 2.75) is 45.3 Å². The molecule has 5 nitrogen and oxygen atoms in total. The summed E-state index contributed by atoms with van der Waals surface area (Å²) in [5, 5.41) is 11.6. The molecule has 0 radical (unpaired) electrons. The lowest BCUT2D eigenvalue weighted by Gasteiger charge is -2.27. The second-order valence-corrected chi connectivity index (χ2v) is 5.12. The molecule has 0 heterocycles. The van der Waals surface area contributed by atoms with E-state index in [1.165, 1.54) is 0 Å². The van der Waals surface area contributed by atoms with Gasteiger partial charge < -0.3 is 15.2 Å². The van der Waals surface area contributed by atoms with Gasteiger partial charge >= 0.3 is 12.1 Å². The van der Waals surface area contributed by atoms with Gasteiger partial charge in [0, 0.05) is 0 Å². The molecular formula is C12H19NO4. The molecule has 1 amide bonds. The third kappa shape index (κ3) is 4.46. The Bertz CT molecular complexity index is 330. The molecule has 0 aliphatic heterocycles. The van der Waals surface area contributed by atoms with E-state index in [4.69, 9.17) is 9.84 Å². The number of amides is 1. The lowest BCUT2D eigenvalue weighted by molar-refractivity contribution is -0.142. The summed E-state index contributed by atoms with van der Waals surface area (Å²) in [6.07, 6.45) is 4.27. The maximum absolute atomic E-state index is 11.5. The van der Waals surface area contributed by atoms with Crippen molar-refractivity contribution in [1.29, 1.82) is 0 Å². The van der Waals surface area contributed by atoms with Crippen molar-refractivity contribution in [3.8, 4) is 0 Å². The fourth-order valence-electron chi connectivity index (χ4n) is 1.70. The van der Waals surface area contributed by atoms with Crippen LogP contribution in [0.4, 0.5) is 4.79 Å². The van der Waals surface area contributed by atoms with E-state index in [9.17, 15) is 9.59 Å². The van der Waals surface area contributed by atoms with Crippen molar-refractivity contribution >= 4 is 12.1 Å². The zero-order valence-electron chi connectivity index (χ0n) is 10.4. The zero-order valence-corrected chi connectivity index (χ0v) is 10.4. The fraction of sp³-hybridized carbons (Fsp3) is 0.667. The molecule has 0 spiro atoms. The Balaban J connectivity index is 2.59. The second kappa shape index (κ2) is 5.21. The molecule has 0 bridgehead atoms. The number of rotatable bonds is 2. The van der Waals surface area contributed by atoms with Gasteiger partial charge in [-0.3, -0.25) is 4.79 Å². The van der Waals surface area contributed by atoms with E-state index in [2.05, 4.69) is 5.32 Å². The summed E-state index contributed by atoms with van der Waals surface area (Å²) in [6, 6.07) is -0.490. The third-order valence-electron chi connectivity index (χ3n) is 2.42. The molecule has 1 aliphatic rings. The number of allylic oxidation sites excluding steroid dienone is 1. The number of alkyl carbamates (subject to hydrolysis) is 1. The highest BCUT2D eigenvalue weighted by Crippen LogP contribution is 2.19. The molecule has 96 valence electrons. The molecule has 2 N–H and O–H groups in total. The van der Waals surface area contributed by atoms with E-state index in [0.717, 1.165) is 6.42 Å². The smallest absolute Gasteiger partial charge is 0.408 e. The van der Waals surface area contributed by atoms with Crippen LogP contribution in [0.15, 0.2) is 12.2 Å². The zero-order chi connectivity index (χ0) is 13.1. The SMILES string of the molecule is CC(C)(C)OC(=O)N[C@H]1C=CCC[C@H]1C(=O)O. The fourth-order valence-corrected chi connectivity index (χ4v) is 1.70. The summed E-state index contributed by atoms with van der Waals surface area (Å²) in [5.41, 5.74) is -0.582. The van der Waals surface area contributed by atoms with Gasteiger partial charge in [0.25, 0.3) is 0 Å². The monoisotopic (exact) mass is 241 g/mol. The Morgan fingerprint density at radius 2 is 2.06 bits per heavy atom. The standard InChI is InChI=1S/C12H19NO4/c1-12(2,3)17-11(16)13-9-7-5-4-6-8(9)10(14)15/h5,7-9H,4,6H2,1-3H3,(H,13,16)(H,14,15)/t8-,9+/m1/s1. The number of ether oxygens (including phenoxy) is 1. The van der Waals surface area contributed by atoms with Gasteiger partial charge in [0.05, 0.1) is 12.0 Å². The van der Waals surface area contributed by atoms with Crippen molar-refractivity contribution in [1.82, 2.24) is 5.32 Å². The van der Waals surface area contributed by atoms with Gasteiger partial charge in [-0.25, -0.2) is 4.79 Å². The van der Waals surface area contributed by atoms with Crippen molar-refractivity contribution in [2.75, 3.05) is 0 Å². The highest BCUT2D eigenvalue weighted by atomic mass is 16.6. The minimum absolute atomic E-state index is 0.490. The van der Waals surface area contributed by atoms with Crippen LogP contribution in [-0.2, 0) is 9.53 Å². The van der Waals surface area contributed by atoms with Crippen molar-refractivity contribution in [2.24, 2.45) is 5.92 Å². The van der Waals surface area contributed by atoms with Crippen LogP contribution in [0.3, 0.4) is 0 Å². The van der Waals surface area contributed by atoms with Crippen molar-refractivity contribution in [3.05, 3.63) is 12.2 Å². The molecule has 1 rings (SSSR count). The normalized spacial score (nSPS) is 24.2. The average molecular weight is 241 g/mol. The molecule has 5 heteroatoms. The molecule has 0 aromatic carbocycles. The summed E-state index contributed by atoms with van der Waals surface area (Å²) in [7, 11) is 0. The average Bonchev–Trinajstić information content (AvgIpc) is 2.14. The first kappa shape index (κ1) is 13.5. The van der Waals surface area contributed by atoms with Crippen molar-refractivity contribution < 1.29 is 19.4 Å². The van der Waals surface area contributed by atoms with E-state index in [1.54, 1.807) is 26.8 Å². The summed E-state index contributed by atoms with van der Waals surface area (Å²) in [6.45, 7) is 5.29. The molecule has 0 unspecified atom stereocenters. The number of carboxylic acid groups (broad SMARTS) is 1. The maximum atomic E-state index is 11.5. The van der Waals surface area contributed by atoms with E-state index in [1.807, 2.05) is 6.08 Å². The lowest BCUT2D eigenvalue weighted by atomic mass is 9.90. The van der Waals surface area contributed by atoms with Crippen LogP contribution in [0.5, 0.6) is 0 Å². The molecule has 1 aliphatic carbocycles. The van der Waals surface area contributed by atoms with Crippen LogP contribution < -0.4 is 5.32 Å². The summed E-state index contributed by atoms with van der Waals surface area (Å²) in [4.78, 5) is 22.5. The Hall–Kier alpha value is -1.52. The Morgan fingerprint density at radius 1 is 1.41 bits per heavy atom. The number of hydrogen-bond acceptors (Lipinski definition) is 3. The van der Waals surface area contributed by atoms with Gasteiger partial charge in [0.15, 0.2) is 0 Å². The van der Waals surface area contributed by atoms with E-state index in [0.29, 0.717) is 6.42 Å². The topological polar surface area (TPSA) is 75.6 Å². The molecule has 0 aromatic heterocycles. The van der Waals surface area contributed by atoms with Crippen LogP contribution >= 0.6 is 0 Å². The largest absolute Gasteiger partial charge is 0.481 e. The first-order valence-electron chi connectivity index (χ1n) is 5.68. The number of carboxylic acids is 1. The van der Waals surface area contributed by atoms with Gasteiger partial charge in [-0.15, -0.1) is 0 Å². The molecule has 0 fully saturated rings. The number of nitrogens with one attached hydrogen (secondary N) is 1.